The average molecular weight is 354 g/mol. The van der Waals surface area contributed by atoms with Crippen LogP contribution >= 0.6 is 36.2 Å². The fourth-order valence-corrected chi connectivity index (χ4v) is 3.36. The summed E-state index contributed by atoms with van der Waals surface area (Å²) in [5.41, 5.74) is 6.45. The number of carbonyl (C=O) groups excluding carboxylic acids is 1. The van der Waals surface area contributed by atoms with Crippen molar-refractivity contribution in [1.82, 2.24) is 9.88 Å². The number of thiazole rings is 1. The van der Waals surface area contributed by atoms with E-state index >= 15 is 0 Å². The second-order valence-corrected chi connectivity index (χ2v) is 7.16. The summed E-state index contributed by atoms with van der Waals surface area (Å²) in [5.74, 6) is 0.629. The van der Waals surface area contributed by atoms with Crippen LogP contribution in [-0.4, -0.2) is 35.4 Å². The van der Waals surface area contributed by atoms with Crippen molar-refractivity contribution in [2.75, 3.05) is 19.6 Å². The maximum absolute atomic E-state index is 12.4. The third-order valence-corrected chi connectivity index (χ3v) is 4.56. The first kappa shape index (κ1) is 20.6. The molecule has 1 aromatic heterocycles. The predicted molar refractivity (Wildman–Crippen MR) is 92.8 cm³/mol. The smallest absolute Gasteiger partial charge is 0.273 e. The van der Waals surface area contributed by atoms with Crippen LogP contribution in [0.5, 0.6) is 0 Å². The lowest BCUT2D eigenvalue weighted by Gasteiger charge is -2.22. The first-order valence-corrected chi connectivity index (χ1v) is 7.75. The molecule has 1 amide bonds. The molecule has 0 aromatic carbocycles. The Balaban J connectivity index is 0.00000200. The van der Waals surface area contributed by atoms with E-state index < -0.39 is 0 Å². The van der Waals surface area contributed by atoms with Crippen LogP contribution in [0.2, 0.25) is 0 Å². The first-order chi connectivity index (χ1) is 8.93. The molecule has 122 valence electrons. The number of hydrogen-bond acceptors (Lipinski definition) is 4. The van der Waals surface area contributed by atoms with E-state index in [0.717, 1.165) is 30.9 Å². The minimum atomic E-state index is 0. The second kappa shape index (κ2) is 8.32. The van der Waals surface area contributed by atoms with Crippen molar-refractivity contribution in [2.24, 2.45) is 17.1 Å². The van der Waals surface area contributed by atoms with Gasteiger partial charge in [0.25, 0.3) is 5.91 Å². The lowest BCUT2D eigenvalue weighted by Crippen LogP contribution is -2.34. The molecule has 0 bridgehead atoms. The van der Waals surface area contributed by atoms with Gasteiger partial charge in [0.1, 0.15) is 5.69 Å². The van der Waals surface area contributed by atoms with Crippen molar-refractivity contribution in [3.63, 3.8) is 0 Å². The van der Waals surface area contributed by atoms with Gasteiger partial charge in [0.05, 0.1) is 5.01 Å². The van der Waals surface area contributed by atoms with E-state index in [1.54, 1.807) is 11.3 Å². The zero-order valence-electron chi connectivity index (χ0n) is 12.8. The van der Waals surface area contributed by atoms with Gasteiger partial charge in [-0.3, -0.25) is 4.79 Å². The normalized spacial score (nSPS) is 21.1. The van der Waals surface area contributed by atoms with Crippen molar-refractivity contribution in [3.05, 3.63) is 16.1 Å². The summed E-state index contributed by atoms with van der Waals surface area (Å²) in [4.78, 5) is 18.7. The molecule has 1 saturated heterocycles. The standard InChI is InChI=1S/C14H23N3OS.2ClH/c1-10(2)6-12-16-11(7-19-12)13(18)17-5-4-14(3,8-15)9-17;;/h7,10H,4-6,8-9,15H2,1-3H3;2*1H. The predicted octanol–water partition coefficient (Wildman–Crippen LogP) is 3.00. The fourth-order valence-electron chi connectivity index (χ4n) is 2.38. The van der Waals surface area contributed by atoms with Crippen LogP contribution < -0.4 is 5.73 Å². The molecule has 0 saturated carbocycles. The number of amides is 1. The van der Waals surface area contributed by atoms with Gasteiger partial charge in [-0.25, -0.2) is 4.98 Å². The summed E-state index contributed by atoms with van der Waals surface area (Å²) in [6.45, 7) is 8.65. The maximum atomic E-state index is 12.4. The lowest BCUT2D eigenvalue weighted by molar-refractivity contribution is 0.0771. The monoisotopic (exact) mass is 353 g/mol. The number of nitrogens with zero attached hydrogens (tertiary/aromatic N) is 2. The van der Waals surface area contributed by atoms with E-state index in [1.807, 2.05) is 10.3 Å². The van der Waals surface area contributed by atoms with Crippen molar-refractivity contribution < 1.29 is 4.79 Å². The summed E-state index contributed by atoms with van der Waals surface area (Å²) in [6.07, 6.45) is 1.93. The van der Waals surface area contributed by atoms with Crippen LogP contribution in [0.3, 0.4) is 0 Å². The van der Waals surface area contributed by atoms with Crippen molar-refractivity contribution >= 4 is 42.1 Å². The van der Waals surface area contributed by atoms with Gasteiger partial charge in [0, 0.05) is 24.9 Å². The molecule has 4 nitrogen and oxygen atoms in total. The highest BCUT2D eigenvalue weighted by molar-refractivity contribution is 7.09. The molecule has 1 aliphatic heterocycles. The highest BCUT2D eigenvalue weighted by Crippen LogP contribution is 2.29. The highest BCUT2D eigenvalue weighted by Gasteiger charge is 2.35. The zero-order chi connectivity index (χ0) is 14.0. The molecule has 0 radical (unpaired) electrons. The third-order valence-electron chi connectivity index (χ3n) is 3.69. The van der Waals surface area contributed by atoms with Gasteiger partial charge in [-0.15, -0.1) is 36.2 Å². The minimum absolute atomic E-state index is 0. The van der Waals surface area contributed by atoms with Gasteiger partial charge in [0.15, 0.2) is 0 Å². The van der Waals surface area contributed by atoms with E-state index in [4.69, 9.17) is 5.73 Å². The first-order valence-electron chi connectivity index (χ1n) is 6.87. The Morgan fingerprint density at radius 3 is 2.71 bits per heavy atom. The van der Waals surface area contributed by atoms with E-state index in [1.165, 1.54) is 0 Å². The topological polar surface area (TPSA) is 59.2 Å². The van der Waals surface area contributed by atoms with Crippen LogP contribution in [0.25, 0.3) is 0 Å². The molecule has 2 rings (SSSR count). The molecule has 7 heteroatoms. The molecule has 2 heterocycles. The second-order valence-electron chi connectivity index (χ2n) is 6.22. The van der Waals surface area contributed by atoms with Crippen molar-refractivity contribution in [3.8, 4) is 0 Å². The molecule has 2 N–H and O–H groups in total. The molecular weight excluding hydrogens is 329 g/mol. The quantitative estimate of drug-likeness (QED) is 0.904. The fraction of sp³-hybridized carbons (Fsp3) is 0.714. The van der Waals surface area contributed by atoms with Gasteiger partial charge >= 0.3 is 0 Å². The summed E-state index contributed by atoms with van der Waals surface area (Å²) in [7, 11) is 0. The Kier molecular flexibility index (Phi) is 8.18. The molecule has 0 aliphatic carbocycles. The maximum Gasteiger partial charge on any atom is 0.273 e. The van der Waals surface area contributed by atoms with E-state index in [0.29, 0.717) is 18.2 Å². The van der Waals surface area contributed by atoms with E-state index in [9.17, 15) is 4.79 Å². The largest absolute Gasteiger partial charge is 0.337 e. The zero-order valence-corrected chi connectivity index (χ0v) is 15.2. The summed E-state index contributed by atoms with van der Waals surface area (Å²) >= 11 is 1.59. The van der Waals surface area contributed by atoms with Gasteiger partial charge in [-0.05, 0) is 24.3 Å². The molecule has 21 heavy (non-hydrogen) atoms. The average Bonchev–Trinajstić information content (AvgIpc) is 2.95. The number of rotatable bonds is 4. The van der Waals surface area contributed by atoms with Crippen LogP contribution in [0.4, 0.5) is 0 Å². The van der Waals surface area contributed by atoms with Crippen molar-refractivity contribution in [2.45, 2.75) is 33.6 Å². The van der Waals surface area contributed by atoms with Crippen LogP contribution in [-0.2, 0) is 6.42 Å². The molecular formula is C14H25Cl2N3OS. The van der Waals surface area contributed by atoms with Crippen LogP contribution in [0, 0.1) is 11.3 Å². The molecule has 1 aliphatic rings. The summed E-state index contributed by atoms with van der Waals surface area (Å²) in [6, 6.07) is 0. The van der Waals surface area contributed by atoms with Crippen LogP contribution in [0.1, 0.15) is 42.7 Å². The number of aromatic nitrogens is 1. The molecule has 1 fully saturated rings. The third kappa shape index (κ3) is 5.09. The Morgan fingerprint density at radius 1 is 1.52 bits per heavy atom. The molecule has 1 atom stereocenters. The summed E-state index contributed by atoms with van der Waals surface area (Å²) < 4.78 is 0. The van der Waals surface area contributed by atoms with Crippen molar-refractivity contribution in [1.29, 1.82) is 0 Å². The van der Waals surface area contributed by atoms with Gasteiger partial charge in [-0.1, -0.05) is 20.8 Å². The Morgan fingerprint density at radius 2 is 2.19 bits per heavy atom. The van der Waals surface area contributed by atoms with Gasteiger partial charge in [-0.2, -0.15) is 0 Å². The number of likely N-dealkylation sites (tertiary alicyclic amines) is 1. The highest BCUT2D eigenvalue weighted by atomic mass is 35.5. The number of hydrogen-bond donors (Lipinski definition) is 1. The number of nitrogens with two attached hydrogens (primary N) is 1. The lowest BCUT2D eigenvalue weighted by atomic mass is 9.90. The van der Waals surface area contributed by atoms with E-state index in [-0.39, 0.29) is 36.1 Å². The number of carbonyl (C=O) groups is 1. The Bertz CT molecular complexity index is 467. The summed E-state index contributed by atoms with van der Waals surface area (Å²) in [5, 5.41) is 2.94. The number of halogens is 2. The van der Waals surface area contributed by atoms with Gasteiger partial charge in [0.2, 0.25) is 0 Å². The molecule has 1 aromatic rings. The molecule has 1 unspecified atom stereocenters. The Labute approximate surface area is 143 Å². The minimum Gasteiger partial charge on any atom is -0.337 e. The SMILES string of the molecule is CC(C)Cc1nc(C(=O)N2CCC(C)(CN)C2)cs1.Cl.Cl. The van der Waals surface area contributed by atoms with E-state index in [2.05, 4.69) is 25.8 Å². The molecule has 0 spiro atoms. The Hall–Kier alpha value is -0.360. The van der Waals surface area contributed by atoms with Gasteiger partial charge < -0.3 is 10.6 Å². The van der Waals surface area contributed by atoms with Crippen LogP contribution in [0.15, 0.2) is 5.38 Å².